The molecular formula is C71H135NO5. The molecule has 0 saturated carbocycles. The number of esters is 1. The van der Waals surface area contributed by atoms with Gasteiger partial charge in [0.25, 0.3) is 0 Å². The molecule has 2 unspecified atom stereocenters. The van der Waals surface area contributed by atoms with Gasteiger partial charge in [-0.05, 0) is 83.5 Å². The van der Waals surface area contributed by atoms with Crippen LogP contribution in [0.15, 0.2) is 36.5 Å². The van der Waals surface area contributed by atoms with E-state index >= 15 is 0 Å². The third-order valence-corrected chi connectivity index (χ3v) is 16.1. The summed E-state index contributed by atoms with van der Waals surface area (Å²) in [5.41, 5.74) is 0. The second-order valence-electron chi connectivity index (χ2n) is 23.9. The van der Waals surface area contributed by atoms with Gasteiger partial charge in [-0.25, -0.2) is 0 Å². The van der Waals surface area contributed by atoms with Gasteiger partial charge < -0.3 is 20.3 Å². The Morgan fingerprint density at radius 1 is 0.351 bits per heavy atom. The SMILES string of the molecule is CCCCC/C=C\CCCCCCCC(=O)OCCCCCCCCCCCCCC/C=C\CCCCCCCCCCCCCCCCCCCC(=O)NC(CO)C(O)/C=C/CCCCCCCCCCCCCCC. The maximum atomic E-state index is 12.5. The summed E-state index contributed by atoms with van der Waals surface area (Å²) in [6.45, 7) is 4.90. The van der Waals surface area contributed by atoms with Gasteiger partial charge in [-0.3, -0.25) is 9.59 Å². The van der Waals surface area contributed by atoms with Crippen LogP contribution in [0.1, 0.15) is 380 Å². The predicted molar refractivity (Wildman–Crippen MR) is 338 cm³/mol. The smallest absolute Gasteiger partial charge is 0.305 e. The van der Waals surface area contributed by atoms with Crippen molar-refractivity contribution in [3.05, 3.63) is 36.5 Å². The largest absolute Gasteiger partial charge is 0.466 e. The summed E-state index contributed by atoms with van der Waals surface area (Å²) in [6.07, 6.45) is 85.1. The molecule has 0 aromatic carbocycles. The molecule has 6 nitrogen and oxygen atoms in total. The Hall–Kier alpha value is -1.92. The first-order valence-corrected chi connectivity index (χ1v) is 34.8. The molecule has 0 aliphatic rings. The number of nitrogens with one attached hydrogen (secondary N) is 1. The molecule has 6 heteroatoms. The molecule has 0 aromatic heterocycles. The molecule has 0 radical (unpaired) electrons. The molecule has 77 heavy (non-hydrogen) atoms. The monoisotopic (exact) mass is 1080 g/mol. The third-order valence-electron chi connectivity index (χ3n) is 16.1. The Kier molecular flexibility index (Phi) is 64.9. The van der Waals surface area contributed by atoms with Crippen molar-refractivity contribution in [2.24, 2.45) is 0 Å². The topological polar surface area (TPSA) is 95.9 Å². The van der Waals surface area contributed by atoms with Crippen LogP contribution < -0.4 is 5.32 Å². The van der Waals surface area contributed by atoms with Gasteiger partial charge in [-0.15, -0.1) is 0 Å². The standard InChI is InChI=1S/C71H135NO5/c1-3-5-7-9-11-13-15-17-37-40-43-47-51-55-59-63-69(74)68(67-73)72-70(75)64-60-56-52-48-44-41-38-35-33-31-29-27-25-23-21-19-18-20-22-24-26-28-30-32-34-36-39-42-46-50-54-58-62-66-77-71(76)65-61-57-53-49-45-16-14-12-10-8-6-4-2/h12,14,22,24,59,63,68-69,73-74H,3-11,13,15-21,23,25-58,60-62,64-67H2,1-2H3,(H,72,75)/b14-12-,24-22-,63-59+. The summed E-state index contributed by atoms with van der Waals surface area (Å²) < 4.78 is 5.47. The fraction of sp³-hybridized carbons (Fsp3) is 0.887. The van der Waals surface area contributed by atoms with Crippen LogP contribution in [0.3, 0.4) is 0 Å². The van der Waals surface area contributed by atoms with E-state index in [0.29, 0.717) is 19.4 Å². The van der Waals surface area contributed by atoms with Crippen LogP contribution in [0.25, 0.3) is 0 Å². The molecule has 0 spiro atoms. The molecular weight excluding hydrogens is 947 g/mol. The second-order valence-corrected chi connectivity index (χ2v) is 23.9. The van der Waals surface area contributed by atoms with Gasteiger partial charge in [0.05, 0.1) is 25.4 Å². The van der Waals surface area contributed by atoms with Gasteiger partial charge in [-0.2, -0.15) is 0 Å². The number of allylic oxidation sites excluding steroid dienone is 5. The summed E-state index contributed by atoms with van der Waals surface area (Å²) in [7, 11) is 0. The number of hydrogen-bond acceptors (Lipinski definition) is 5. The first-order chi connectivity index (χ1) is 38.0. The summed E-state index contributed by atoms with van der Waals surface area (Å²) >= 11 is 0. The number of aliphatic hydroxyl groups excluding tert-OH is 2. The molecule has 3 N–H and O–H groups in total. The van der Waals surface area contributed by atoms with Gasteiger partial charge in [0.1, 0.15) is 0 Å². The zero-order valence-electron chi connectivity index (χ0n) is 52.0. The van der Waals surface area contributed by atoms with Crippen molar-refractivity contribution < 1.29 is 24.5 Å². The van der Waals surface area contributed by atoms with Crippen LogP contribution in [0.2, 0.25) is 0 Å². The van der Waals surface area contributed by atoms with Crippen molar-refractivity contribution in [2.45, 2.75) is 392 Å². The van der Waals surface area contributed by atoms with E-state index in [1.807, 2.05) is 6.08 Å². The number of rotatable bonds is 65. The highest BCUT2D eigenvalue weighted by Crippen LogP contribution is 2.18. The Morgan fingerprint density at radius 2 is 0.610 bits per heavy atom. The lowest BCUT2D eigenvalue weighted by Crippen LogP contribution is -2.45. The van der Waals surface area contributed by atoms with E-state index in [9.17, 15) is 19.8 Å². The number of aliphatic hydroxyl groups is 2. The minimum atomic E-state index is -0.842. The van der Waals surface area contributed by atoms with Crippen LogP contribution in [-0.4, -0.2) is 47.4 Å². The minimum absolute atomic E-state index is 0.00845. The number of ether oxygens (including phenoxy) is 1. The van der Waals surface area contributed by atoms with E-state index in [2.05, 4.69) is 43.5 Å². The van der Waals surface area contributed by atoms with E-state index in [0.717, 1.165) is 44.9 Å². The molecule has 0 saturated heterocycles. The molecule has 2 atom stereocenters. The van der Waals surface area contributed by atoms with E-state index in [1.165, 1.54) is 308 Å². The van der Waals surface area contributed by atoms with Gasteiger partial charge in [0, 0.05) is 12.8 Å². The first-order valence-electron chi connectivity index (χ1n) is 34.8. The molecule has 1 amide bonds. The van der Waals surface area contributed by atoms with Gasteiger partial charge in [0.15, 0.2) is 0 Å². The number of unbranched alkanes of at least 4 members (excludes halogenated alkanes) is 50. The molecule has 454 valence electrons. The van der Waals surface area contributed by atoms with Crippen molar-refractivity contribution in [3.8, 4) is 0 Å². The fourth-order valence-electron chi connectivity index (χ4n) is 10.8. The maximum absolute atomic E-state index is 12.5. The molecule has 0 aliphatic carbocycles. The van der Waals surface area contributed by atoms with Crippen LogP contribution in [0.5, 0.6) is 0 Å². The summed E-state index contributed by atoms with van der Waals surface area (Å²) in [5, 5.41) is 23.2. The van der Waals surface area contributed by atoms with Gasteiger partial charge in [0.2, 0.25) is 5.91 Å². The zero-order valence-corrected chi connectivity index (χ0v) is 52.0. The van der Waals surface area contributed by atoms with Crippen LogP contribution >= 0.6 is 0 Å². The third kappa shape index (κ3) is 63.1. The Balaban J connectivity index is 3.36. The van der Waals surface area contributed by atoms with Gasteiger partial charge >= 0.3 is 5.97 Å². The Bertz CT molecular complexity index is 1250. The van der Waals surface area contributed by atoms with E-state index in [1.54, 1.807) is 6.08 Å². The lowest BCUT2D eigenvalue weighted by Gasteiger charge is -2.20. The van der Waals surface area contributed by atoms with Crippen LogP contribution in [0.4, 0.5) is 0 Å². The average molecular weight is 1080 g/mol. The fourth-order valence-corrected chi connectivity index (χ4v) is 10.8. The van der Waals surface area contributed by atoms with Crippen molar-refractivity contribution in [1.82, 2.24) is 5.32 Å². The van der Waals surface area contributed by atoms with Crippen molar-refractivity contribution in [3.63, 3.8) is 0 Å². The Labute approximate surface area is 481 Å². The highest BCUT2D eigenvalue weighted by atomic mass is 16.5. The van der Waals surface area contributed by atoms with E-state index < -0.39 is 12.1 Å². The summed E-state index contributed by atoms with van der Waals surface area (Å²) in [5.74, 6) is -0.0544. The Morgan fingerprint density at radius 3 is 0.948 bits per heavy atom. The number of carbonyl (C=O) groups is 2. The highest BCUT2D eigenvalue weighted by molar-refractivity contribution is 5.76. The second kappa shape index (κ2) is 66.6. The summed E-state index contributed by atoms with van der Waals surface area (Å²) in [4.78, 5) is 24.5. The lowest BCUT2D eigenvalue weighted by atomic mass is 10.0. The average Bonchev–Trinajstić information content (AvgIpc) is 3.43. The van der Waals surface area contributed by atoms with E-state index in [4.69, 9.17) is 4.74 Å². The minimum Gasteiger partial charge on any atom is -0.466 e. The predicted octanol–water partition coefficient (Wildman–Crippen LogP) is 22.3. The molecule has 0 rings (SSSR count). The molecule has 0 heterocycles. The number of amides is 1. The first kappa shape index (κ1) is 75.1. The number of carbonyl (C=O) groups excluding carboxylic acids is 2. The highest BCUT2D eigenvalue weighted by Gasteiger charge is 2.18. The quantitative estimate of drug-likeness (QED) is 0.0320. The lowest BCUT2D eigenvalue weighted by molar-refractivity contribution is -0.143. The molecule has 0 fully saturated rings. The molecule has 0 aliphatic heterocycles. The summed E-state index contributed by atoms with van der Waals surface area (Å²) in [6, 6.07) is -0.625. The molecule has 0 aromatic rings. The van der Waals surface area contributed by atoms with Crippen molar-refractivity contribution >= 4 is 11.9 Å². The van der Waals surface area contributed by atoms with Gasteiger partial charge in [-0.1, -0.05) is 320 Å². The van der Waals surface area contributed by atoms with Crippen LogP contribution in [0, 0.1) is 0 Å². The van der Waals surface area contributed by atoms with Crippen molar-refractivity contribution in [1.29, 1.82) is 0 Å². The normalized spacial score (nSPS) is 12.7. The number of hydrogen-bond donors (Lipinski definition) is 3. The van der Waals surface area contributed by atoms with Crippen molar-refractivity contribution in [2.75, 3.05) is 13.2 Å². The molecule has 0 bridgehead atoms. The van der Waals surface area contributed by atoms with E-state index in [-0.39, 0.29) is 18.5 Å². The zero-order chi connectivity index (χ0) is 55.7. The maximum Gasteiger partial charge on any atom is 0.305 e. The van der Waals surface area contributed by atoms with Crippen LogP contribution in [-0.2, 0) is 14.3 Å².